The number of hydrogen-bond acceptors (Lipinski definition) is 2. The minimum Gasteiger partial charge on any atom is -0.337 e. The number of carbonyl (C=O) groups excluding carboxylic acids is 2. The van der Waals surface area contributed by atoms with Gasteiger partial charge in [-0.2, -0.15) is 0 Å². The zero-order valence-electron chi connectivity index (χ0n) is 14.4. The van der Waals surface area contributed by atoms with Crippen LogP contribution in [0, 0.1) is 6.92 Å². The van der Waals surface area contributed by atoms with Crippen molar-refractivity contribution in [2.45, 2.75) is 20.3 Å². The molecule has 0 saturated carbocycles. The quantitative estimate of drug-likeness (QED) is 0.753. The Morgan fingerprint density at radius 1 is 1.08 bits per heavy atom. The van der Waals surface area contributed by atoms with Gasteiger partial charge in [0.15, 0.2) is 0 Å². The van der Waals surface area contributed by atoms with Crippen molar-refractivity contribution in [2.75, 3.05) is 23.3 Å². The van der Waals surface area contributed by atoms with Gasteiger partial charge in [-0.25, -0.2) is 4.79 Å². The van der Waals surface area contributed by atoms with Gasteiger partial charge in [-0.15, -0.1) is 0 Å². The molecule has 0 saturated heterocycles. The first-order chi connectivity index (χ1) is 12.0. The van der Waals surface area contributed by atoms with Gasteiger partial charge in [0.2, 0.25) is 5.91 Å². The fourth-order valence-corrected chi connectivity index (χ4v) is 2.74. The number of carbonyl (C=O) groups is 2. The summed E-state index contributed by atoms with van der Waals surface area (Å²) in [4.78, 5) is 26.1. The standard InChI is InChI=1S/C19H22BrN3O2/c1-3-23(17-7-5-4-6-14(17)2)18(24)12-13-21-19(25)22-16-10-8-15(20)9-11-16/h4-11H,3,12-13H2,1-2H3,(H2,21,22,25). The van der Waals surface area contributed by atoms with E-state index in [4.69, 9.17) is 0 Å². The molecular weight excluding hydrogens is 382 g/mol. The van der Waals surface area contributed by atoms with E-state index >= 15 is 0 Å². The van der Waals surface area contributed by atoms with Crippen molar-refractivity contribution in [3.63, 3.8) is 0 Å². The Bertz CT molecular complexity index is 732. The molecule has 25 heavy (non-hydrogen) atoms. The van der Waals surface area contributed by atoms with Gasteiger partial charge >= 0.3 is 6.03 Å². The first-order valence-electron chi connectivity index (χ1n) is 8.17. The molecule has 0 fully saturated rings. The molecule has 0 heterocycles. The van der Waals surface area contributed by atoms with Gasteiger partial charge in [-0.1, -0.05) is 34.1 Å². The molecule has 2 N–H and O–H groups in total. The lowest BCUT2D eigenvalue weighted by molar-refractivity contribution is -0.118. The Morgan fingerprint density at radius 3 is 2.40 bits per heavy atom. The van der Waals surface area contributed by atoms with Gasteiger partial charge < -0.3 is 15.5 Å². The Kier molecular flexibility index (Phi) is 7.01. The van der Waals surface area contributed by atoms with Gasteiger partial charge in [0.1, 0.15) is 0 Å². The molecule has 5 nitrogen and oxygen atoms in total. The van der Waals surface area contributed by atoms with E-state index in [2.05, 4.69) is 26.6 Å². The molecule has 2 aromatic carbocycles. The minimum atomic E-state index is -0.325. The maximum Gasteiger partial charge on any atom is 0.319 e. The van der Waals surface area contributed by atoms with Crippen LogP contribution in [0.3, 0.4) is 0 Å². The molecule has 0 radical (unpaired) electrons. The third-order valence-electron chi connectivity index (χ3n) is 3.75. The van der Waals surface area contributed by atoms with E-state index in [-0.39, 0.29) is 24.9 Å². The van der Waals surface area contributed by atoms with E-state index in [9.17, 15) is 9.59 Å². The molecule has 2 aromatic rings. The number of benzene rings is 2. The lowest BCUT2D eigenvalue weighted by atomic mass is 10.1. The number of nitrogens with zero attached hydrogens (tertiary/aromatic N) is 1. The highest BCUT2D eigenvalue weighted by molar-refractivity contribution is 9.10. The molecule has 0 bridgehead atoms. The van der Waals surface area contributed by atoms with Crippen LogP contribution < -0.4 is 15.5 Å². The summed E-state index contributed by atoms with van der Waals surface area (Å²) >= 11 is 3.34. The second-order valence-corrected chi connectivity index (χ2v) is 6.48. The third kappa shape index (κ3) is 5.60. The lowest BCUT2D eigenvalue weighted by Crippen LogP contribution is -2.36. The van der Waals surface area contributed by atoms with Crippen LogP contribution in [0.4, 0.5) is 16.2 Å². The topological polar surface area (TPSA) is 61.4 Å². The van der Waals surface area contributed by atoms with Crippen LogP contribution in [0.2, 0.25) is 0 Å². The van der Waals surface area contributed by atoms with E-state index < -0.39 is 0 Å². The molecule has 2 rings (SSSR count). The molecule has 132 valence electrons. The van der Waals surface area contributed by atoms with E-state index in [1.54, 1.807) is 17.0 Å². The Hall–Kier alpha value is -2.34. The van der Waals surface area contributed by atoms with E-state index in [0.717, 1.165) is 15.7 Å². The monoisotopic (exact) mass is 403 g/mol. The third-order valence-corrected chi connectivity index (χ3v) is 4.28. The number of urea groups is 1. The van der Waals surface area contributed by atoms with Gasteiger partial charge in [0.05, 0.1) is 0 Å². The summed E-state index contributed by atoms with van der Waals surface area (Å²) in [6.07, 6.45) is 0.246. The first kappa shape index (κ1) is 19.0. The van der Waals surface area contributed by atoms with Crippen LogP contribution in [0.15, 0.2) is 53.0 Å². The number of aryl methyl sites for hydroxylation is 1. The van der Waals surface area contributed by atoms with Crippen LogP contribution in [0.5, 0.6) is 0 Å². The molecule has 0 atom stereocenters. The first-order valence-corrected chi connectivity index (χ1v) is 8.97. The summed E-state index contributed by atoms with van der Waals surface area (Å²) in [5.41, 5.74) is 2.66. The van der Waals surface area contributed by atoms with Crippen molar-refractivity contribution in [1.29, 1.82) is 0 Å². The lowest BCUT2D eigenvalue weighted by Gasteiger charge is -2.23. The molecule has 0 aromatic heterocycles. The minimum absolute atomic E-state index is 0.0132. The Morgan fingerprint density at radius 2 is 1.76 bits per heavy atom. The highest BCUT2D eigenvalue weighted by atomic mass is 79.9. The van der Waals surface area contributed by atoms with Gasteiger partial charge in [-0.3, -0.25) is 4.79 Å². The van der Waals surface area contributed by atoms with E-state index in [1.807, 2.05) is 50.2 Å². The highest BCUT2D eigenvalue weighted by Crippen LogP contribution is 2.19. The van der Waals surface area contributed by atoms with Crippen LogP contribution in [0.25, 0.3) is 0 Å². The molecule has 0 aliphatic carbocycles. The molecule has 6 heteroatoms. The largest absolute Gasteiger partial charge is 0.337 e. The maximum absolute atomic E-state index is 12.5. The highest BCUT2D eigenvalue weighted by Gasteiger charge is 2.15. The summed E-state index contributed by atoms with van der Waals surface area (Å²) in [6, 6.07) is 14.7. The Balaban J connectivity index is 1.83. The number of para-hydroxylation sites is 1. The average Bonchev–Trinajstić information content (AvgIpc) is 2.59. The maximum atomic E-state index is 12.5. The van der Waals surface area contributed by atoms with Crippen LogP contribution >= 0.6 is 15.9 Å². The number of anilines is 2. The smallest absolute Gasteiger partial charge is 0.319 e. The number of nitrogens with one attached hydrogen (secondary N) is 2. The summed E-state index contributed by atoms with van der Waals surface area (Å²) in [6.45, 7) is 4.80. The van der Waals surface area contributed by atoms with Crippen molar-refractivity contribution in [3.8, 4) is 0 Å². The van der Waals surface area contributed by atoms with Crippen molar-refractivity contribution in [3.05, 3.63) is 58.6 Å². The van der Waals surface area contributed by atoms with Crippen molar-refractivity contribution in [2.24, 2.45) is 0 Å². The summed E-state index contributed by atoms with van der Waals surface area (Å²) in [7, 11) is 0. The van der Waals surface area contributed by atoms with E-state index in [1.165, 1.54) is 0 Å². The second-order valence-electron chi connectivity index (χ2n) is 5.56. The predicted molar refractivity (Wildman–Crippen MR) is 105 cm³/mol. The number of rotatable bonds is 6. The molecular formula is C19H22BrN3O2. The number of hydrogen-bond donors (Lipinski definition) is 2. The molecule has 0 aliphatic heterocycles. The fraction of sp³-hybridized carbons (Fsp3) is 0.263. The summed E-state index contributed by atoms with van der Waals surface area (Å²) in [5.74, 6) is -0.0132. The predicted octanol–water partition coefficient (Wildman–Crippen LogP) is 4.32. The summed E-state index contributed by atoms with van der Waals surface area (Å²) in [5, 5.41) is 5.44. The van der Waals surface area contributed by atoms with E-state index in [0.29, 0.717) is 12.2 Å². The van der Waals surface area contributed by atoms with Gasteiger partial charge in [-0.05, 0) is 49.7 Å². The second kappa shape index (κ2) is 9.22. The van der Waals surface area contributed by atoms with Gasteiger partial charge in [0, 0.05) is 35.4 Å². The SMILES string of the molecule is CCN(C(=O)CCNC(=O)Nc1ccc(Br)cc1)c1ccccc1C. The molecule has 0 spiro atoms. The number of halogens is 1. The zero-order valence-corrected chi connectivity index (χ0v) is 16.0. The van der Waals surface area contributed by atoms with Crippen molar-refractivity contribution < 1.29 is 9.59 Å². The fourth-order valence-electron chi connectivity index (χ4n) is 2.47. The normalized spacial score (nSPS) is 10.2. The van der Waals surface area contributed by atoms with Crippen molar-refractivity contribution in [1.82, 2.24) is 5.32 Å². The number of amides is 3. The van der Waals surface area contributed by atoms with Crippen LogP contribution in [-0.4, -0.2) is 25.0 Å². The molecule has 0 aliphatic rings. The Labute approximate surface area is 156 Å². The van der Waals surface area contributed by atoms with Crippen LogP contribution in [0.1, 0.15) is 18.9 Å². The average molecular weight is 404 g/mol. The summed E-state index contributed by atoms with van der Waals surface area (Å²) < 4.78 is 0.944. The molecule has 0 unspecified atom stereocenters. The zero-order chi connectivity index (χ0) is 18.2. The van der Waals surface area contributed by atoms with Crippen molar-refractivity contribution >= 4 is 39.2 Å². The van der Waals surface area contributed by atoms with Crippen LogP contribution in [-0.2, 0) is 4.79 Å². The van der Waals surface area contributed by atoms with Gasteiger partial charge in [0.25, 0.3) is 0 Å². The molecule has 3 amide bonds.